The van der Waals surface area contributed by atoms with Gasteiger partial charge in [-0.2, -0.15) is 0 Å². The Balaban J connectivity index is 5.18. The fourth-order valence-electron chi connectivity index (χ4n) is 1.77. The Morgan fingerprint density at radius 2 is 1.35 bits per heavy atom. The molecule has 0 saturated carbocycles. The number of nitrogens with zero attached hydrogens (tertiary/aromatic N) is 1. The topological polar surface area (TPSA) is 86.3 Å². The summed E-state index contributed by atoms with van der Waals surface area (Å²) in [5, 5.41) is 1.63. The molecule has 20 heavy (non-hydrogen) atoms. The Bertz CT molecular complexity index is 363. The molecule has 0 amide bonds. The summed E-state index contributed by atoms with van der Waals surface area (Å²) in [5.74, 6) is -0.666. The van der Waals surface area contributed by atoms with Crippen molar-refractivity contribution in [1.29, 1.82) is 0 Å². The first kappa shape index (κ1) is 20.2. The molecule has 10 heteroatoms. The standard InChI is InChI=1S/C10H26N2O6P2/c1-9(19(13,15-4)16-5)8-10(11-12(2)3)20(14,17-6)18-7/h9-11H,8H2,1-7H3. The van der Waals surface area contributed by atoms with Crippen LogP contribution in [0.25, 0.3) is 0 Å². The van der Waals surface area contributed by atoms with E-state index < -0.39 is 26.6 Å². The predicted octanol–water partition coefficient (Wildman–Crippen LogP) is 2.13. The molecule has 0 radical (unpaired) electrons. The van der Waals surface area contributed by atoms with Crippen molar-refractivity contribution in [1.82, 2.24) is 10.4 Å². The molecule has 0 aromatic heterocycles. The fraction of sp³-hybridized carbons (Fsp3) is 1.00. The first-order valence-corrected chi connectivity index (χ1v) is 9.27. The highest BCUT2D eigenvalue weighted by atomic mass is 31.2. The van der Waals surface area contributed by atoms with Crippen LogP contribution in [0.3, 0.4) is 0 Å². The summed E-state index contributed by atoms with van der Waals surface area (Å²) in [7, 11) is 2.14. The fourth-order valence-corrected chi connectivity index (χ4v) is 4.88. The second-order valence-electron chi connectivity index (χ2n) is 4.43. The molecular weight excluding hydrogens is 306 g/mol. The maximum absolute atomic E-state index is 12.5. The van der Waals surface area contributed by atoms with E-state index >= 15 is 0 Å². The lowest BCUT2D eigenvalue weighted by molar-refractivity contribution is 0.207. The molecule has 0 bridgehead atoms. The highest BCUT2D eigenvalue weighted by Crippen LogP contribution is 2.58. The van der Waals surface area contributed by atoms with Crippen LogP contribution in [0.15, 0.2) is 0 Å². The molecule has 0 rings (SSSR count). The summed E-state index contributed by atoms with van der Waals surface area (Å²) in [6.07, 6.45) is 0.232. The quantitative estimate of drug-likeness (QED) is 0.481. The van der Waals surface area contributed by atoms with E-state index in [4.69, 9.17) is 18.1 Å². The molecule has 0 aliphatic rings. The molecule has 2 atom stereocenters. The highest BCUT2D eigenvalue weighted by molar-refractivity contribution is 7.55. The Morgan fingerprint density at radius 3 is 1.65 bits per heavy atom. The van der Waals surface area contributed by atoms with Gasteiger partial charge < -0.3 is 18.1 Å². The van der Waals surface area contributed by atoms with Crippen LogP contribution in [0.5, 0.6) is 0 Å². The number of hydrogen-bond acceptors (Lipinski definition) is 8. The van der Waals surface area contributed by atoms with Crippen LogP contribution in [0.4, 0.5) is 0 Å². The molecule has 122 valence electrons. The van der Waals surface area contributed by atoms with Gasteiger partial charge in [0.15, 0.2) is 0 Å². The van der Waals surface area contributed by atoms with Crippen molar-refractivity contribution in [3.63, 3.8) is 0 Å². The molecule has 0 fully saturated rings. The first-order chi connectivity index (χ1) is 9.19. The minimum atomic E-state index is -3.37. The monoisotopic (exact) mass is 332 g/mol. The van der Waals surface area contributed by atoms with Gasteiger partial charge in [-0.1, -0.05) is 6.92 Å². The maximum Gasteiger partial charge on any atom is 0.348 e. The molecule has 0 spiro atoms. The normalized spacial score (nSPS) is 16.4. The Hall–Kier alpha value is 0.220. The van der Waals surface area contributed by atoms with Crippen molar-refractivity contribution in [3.05, 3.63) is 0 Å². The third-order valence-electron chi connectivity index (χ3n) is 2.91. The lowest BCUT2D eigenvalue weighted by Crippen LogP contribution is -2.41. The Morgan fingerprint density at radius 1 is 0.950 bits per heavy atom. The average molecular weight is 332 g/mol. The molecule has 2 unspecified atom stereocenters. The van der Waals surface area contributed by atoms with Crippen LogP contribution in [0.1, 0.15) is 13.3 Å². The lowest BCUT2D eigenvalue weighted by atomic mass is 10.3. The first-order valence-electron chi connectivity index (χ1n) is 6.05. The van der Waals surface area contributed by atoms with Crippen LogP contribution in [0, 0.1) is 0 Å². The smallest absolute Gasteiger partial charge is 0.312 e. The highest BCUT2D eigenvalue weighted by Gasteiger charge is 2.40. The number of nitrogens with one attached hydrogen (secondary N) is 1. The SMILES string of the molecule is COP(=O)(OC)C(C)CC(NN(C)C)P(=O)(OC)OC. The van der Waals surface area contributed by atoms with Crippen LogP contribution in [-0.4, -0.2) is 59.0 Å². The lowest BCUT2D eigenvalue weighted by Gasteiger charge is -2.31. The largest absolute Gasteiger partial charge is 0.348 e. The number of rotatable bonds is 10. The van der Waals surface area contributed by atoms with Crippen molar-refractivity contribution in [3.8, 4) is 0 Å². The van der Waals surface area contributed by atoms with Crippen molar-refractivity contribution in [2.75, 3.05) is 42.5 Å². The van der Waals surface area contributed by atoms with Gasteiger partial charge in [0.2, 0.25) is 0 Å². The minimum Gasteiger partial charge on any atom is -0.312 e. The van der Waals surface area contributed by atoms with E-state index in [1.54, 1.807) is 26.0 Å². The molecule has 0 aliphatic carbocycles. The third-order valence-corrected chi connectivity index (χ3v) is 7.33. The van der Waals surface area contributed by atoms with Crippen LogP contribution >= 0.6 is 15.2 Å². The van der Waals surface area contributed by atoms with Gasteiger partial charge >= 0.3 is 15.2 Å². The second-order valence-corrected chi connectivity index (χ2v) is 9.56. The van der Waals surface area contributed by atoms with Crippen LogP contribution in [-0.2, 0) is 27.2 Å². The van der Waals surface area contributed by atoms with Crippen molar-refractivity contribution in [2.24, 2.45) is 0 Å². The summed E-state index contributed by atoms with van der Waals surface area (Å²) in [6, 6.07) is 0. The van der Waals surface area contributed by atoms with Gasteiger partial charge in [-0.05, 0) is 6.42 Å². The van der Waals surface area contributed by atoms with Gasteiger partial charge in [0.05, 0.1) is 5.66 Å². The zero-order chi connectivity index (χ0) is 16.0. The van der Waals surface area contributed by atoms with Crippen molar-refractivity contribution in [2.45, 2.75) is 24.8 Å². The summed E-state index contributed by atoms with van der Waals surface area (Å²) in [4.78, 5) is 0. The summed E-state index contributed by atoms with van der Waals surface area (Å²) in [5.41, 5.74) is 2.48. The van der Waals surface area contributed by atoms with E-state index in [9.17, 15) is 9.13 Å². The summed E-state index contributed by atoms with van der Waals surface area (Å²) in [6.45, 7) is 1.70. The predicted molar refractivity (Wildman–Crippen MR) is 77.9 cm³/mol. The molecule has 0 heterocycles. The van der Waals surface area contributed by atoms with E-state index in [0.717, 1.165) is 0 Å². The summed E-state index contributed by atoms with van der Waals surface area (Å²) >= 11 is 0. The van der Waals surface area contributed by atoms with E-state index in [0.29, 0.717) is 0 Å². The van der Waals surface area contributed by atoms with E-state index in [2.05, 4.69) is 5.43 Å². The molecule has 0 aliphatic heterocycles. The van der Waals surface area contributed by atoms with Gasteiger partial charge in [-0.3, -0.25) is 9.13 Å². The number of hydrazine groups is 1. The third kappa shape index (κ3) is 5.20. The van der Waals surface area contributed by atoms with Crippen molar-refractivity contribution < 1.29 is 27.2 Å². The van der Waals surface area contributed by atoms with Gasteiger partial charge in [-0.25, -0.2) is 10.4 Å². The summed E-state index contributed by atoms with van der Waals surface area (Å²) < 4.78 is 44.8. The number of hydrogen-bond donors (Lipinski definition) is 1. The van der Waals surface area contributed by atoms with E-state index in [1.165, 1.54) is 28.4 Å². The van der Waals surface area contributed by atoms with E-state index in [1.807, 2.05) is 0 Å². The Labute approximate surface area is 121 Å². The van der Waals surface area contributed by atoms with Gasteiger partial charge in [0.25, 0.3) is 0 Å². The zero-order valence-electron chi connectivity index (χ0n) is 13.2. The molecule has 0 aromatic rings. The minimum absolute atomic E-state index is 0.232. The van der Waals surface area contributed by atoms with Crippen LogP contribution < -0.4 is 5.43 Å². The van der Waals surface area contributed by atoms with E-state index in [-0.39, 0.29) is 6.42 Å². The Kier molecular flexibility index (Phi) is 8.71. The van der Waals surface area contributed by atoms with Crippen LogP contribution in [0.2, 0.25) is 0 Å². The molecule has 8 nitrogen and oxygen atoms in total. The van der Waals surface area contributed by atoms with Gasteiger partial charge in [0.1, 0.15) is 5.78 Å². The molecule has 0 saturated heterocycles. The maximum atomic E-state index is 12.5. The zero-order valence-corrected chi connectivity index (χ0v) is 14.9. The molecule has 0 aromatic carbocycles. The van der Waals surface area contributed by atoms with Gasteiger partial charge in [0, 0.05) is 42.5 Å². The second kappa shape index (κ2) is 8.61. The average Bonchev–Trinajstić information content (AvgIpc) is 2.44. The van der Waals surface area contributed by atoms with Gasteiger partial charge in [-0.15, -0.1) is 0 Å². The van der Waals surface area contributed by atoms with Crippen molar-refractivity contribution >= 4 is 15.2 Å². The molecular formula is C10H26N2O6P2. The molecule has 1 N–H and O–H groups in total.